The molecule has 0 saturated heterocycles. The van der Waals surface area contributed by atoms with E-state index in [1.807, 2.05) is 0 Å². The van der Waals surface area contributed by atoms with E-state index in [1.54, 1.807) is 13.0 Å². The molecule has 0 aliphatic rings. The van der Waals surface area contributed by atoms with E-state index < -0.39 is 4.92 Å². The molecule has 0 unspecified atom stereocenters. The van der Waals surface area contributed by atoms with Crippen molar-refractivity contribution >= 4 is 32.4 Å². The summed E-state index contributed by atoms with van der Waals surface area (Å²) in [6.07, 6.45) is 0. The van der Waals surface area contributed by atoms with Gasteiger partial charge in [-0.25, -0.2) is 4.39 Å². The molecule has 2 rings (SSSR count). The molecule has 0 bridgehead atoms. The van der Waals surface area contributed by atoms with Crippen LogP contribution in [0.15, 0.2) is 28.7 Å². The highest BCUT2D eigenvalue weighted by Gasteiger charge is 2.12. The second-order valence-electron chi connectivity index (χ2n) is 3.51. The Morgan fingerprint density at radius 2 is 1.88 bits per heavy atom. The van der Waals surface area contributed by atoms with Gasteiger partial charge in [-0.15, -0.1) is 0 Å². The normalized spacial score (nSPS) is 10.7. The Labute approximate surface area is 99.2 Å². The molecule has 0 spiro atoms. The SMILES string of the molecule is Cc1cc2cc(F)c(Br)cc2cc1[N+](=O)[O-]. The first-order chi connectivity index (χ1) is 7.49. The Kier molecular flexibility index (Phi) is 2.63. The maximum absolute atomic E-state index is 13.3. The minimum absolute atomic E-state index is 0.0472. The number of rotatable bonds is 1. The van der Waals surface area contributed by atoms with Crippen molar-refractivity contribution in [2.75, 3.05) is 0 Å². The average molecular weight is 284 g/mol. The maximum atomic E-state index is 13.3. The number of nitrogens with zero attached hydrogens (tertiary/aromatic N) is 1. The Morgan fingerprint density at radius 1 is 1.25 bits per heavy atom. The fraction of sp³-hybridized carbons (Fsp3) is 0.0909. The highest BCUT2D eigenvalue weighted by Crippen LogP contribution is 2.29. The van der Waals surface area contributed by atoms with Crippen LogP contribution in [0.1, 0.15) is 5.56 Å². The quantitative estimate of drug-likeness (QED) is 0.587. The van der Waals surface area contributed by atoms with Gasteiger partial charge in [0.15, 0.2) is 0 Å². The minimum Gasteiger partial charge on any atom is -0.258 e. The summed E-state index contributed by atoms with van der Waals surface area (Å²) in [5.74, 6) is -0.374. The van der Waals surface area contributed by atoms with Crippen molar-refractivity contribution in [3.63, 3.8) is 0 Å². The summed E-state index contributed by atoms with van der Waals surface area (Å²) in [5, 5.41) is 12.0. The van der Waals surface area contributed by atoms with Crippen LogP contribution in [0.25, 0.3) is 10.8 Å². The minimum atomic E-state index is -0.438. The first-order valence-corrected chi connectivity index (χ1v) is 5.32. The lowest BCUT2D eigenvalue weighted by Crippen LogP contribution is -1.92. The first kappa shape index (κ1) is 11.0. The third kappa shape index (κ3) is 1.78. The predicted octanol–water partition coefficient (Wildman–Crippen LogP) is 3.96. The maximum Gasteiger partial charge on any atom is 0.272 e. The van der Waals surface area contributed by atoms with Crippen molar-refractivity contribution in [3.05, 3.63) is 50.2 Å². The summed E-state index contributed by atoms with van der Waals surface area (Å²) in [4.78, 5) is 10.3. The molecule has 82 valence electrons. The van der Waals surface area contributed by atoms with Crippen molar-refractivity contribution in [3.8, 4) is 0 Å². The van der Waals surface area contributed by atoms with Crippen LogP contribution in [0.4, 0.5) is 10.1 Å². The van der Waals surface area contributed by atoms with E-state index in [4.69, 9.17) is 0 Å². The third-order valence-electron chi connectivity index (χ3n) is 2.39. The van der Waals surface area contributed by atoms with Crippen molar-refractivity contribution in [2.45, 2.75) is 6.92 Å². The van der Waals surface area contributed by atoms with E-state index in [0.29, 0.717) is 20.8 Å². The molecule has 2 aromatic carbocycles. The largest absolute Gasteiger partial charge is 0.272 e. The molecule has 0 N–H and O–H groups in total. The molecule has 5 heteroatoms. The summed E-state index contributed by atoms with van der Waals surface area (Å²) >= 11 is 3.05. The smallest absolute Gasteiger partial charge is 0.258 e. The molecule has 0 atom stereocenters. The van der Waals surface area contributed by atoms with Crippen molar-refractivity contribution < 1.29 is 9.31 Å². The van der Waals surface area contributed by atoms with Crippen LogP contribution in [0.2, 0.25) is 0 Å². The summed E-state index contributed by atoms with van der Waals surface area (Å²) in [6.45, 7) is 1.64. The van der Waals surface area contributed by atoms with E-state index in [9.17, 15) is 14.5 Å². The van der Waals surface area contributed by atoms with Crippen LogP contribution in [-0.4, -0.2) is 4.92 Å². The van der Waals surface area contributed by atoms with Gasteiger partial charge >= 0.3 is 0 Å². The van der Waals surface area contributed by atoms with Gasteiger partial charge in [0.2, 0.25) is 0 Å². The summed E-state index contributed by atoms with van der Waals surface area (Å²) < 4.78 is 13.6. The summed E-state index contributed by atoms with van der Waals surface area (Å²) in [7, 11) is 0. The van der Waals surface area contributed by atoms with E-state index in [-0.39, 0.29) is 11.5 Å². The van der Waals surface area contributed by atoms with Gasteiger partial charge < -0.3 is 0 Å². The van der Waals surface area contributed by atoms with Crippen LogP contribution in [0.3, 0.4) is 0 Å². The monoisotopic (exact) mass is 283 g/mol. The van der Waals surface area contributed by atoms with Gasteiger partial charge in [0.1, 0.15) is 5.82 Å². The Morgan fingerprint density at radius 3 is 2.50 bits per heavy atom. The second-order valence-corrected chi connectivity index (χ2v) is 4.36. The number of aryl methyl sites for hydroxylation is 1. The molecule has 0 heterocycles. The van der Waals surface area contributed by atoms with Gasteiger partial charge in [0, 0.05) is 11.6 Å². The molecular formula is C11H7BrFNO2. The fourth-order valence-corrected chi connectivity index (χ4v) is 1.95. The molecule has 0 fully saturated rings. The molecule has 0 amide bonds. The lowest BCUT2D eigenvalue weighted by Gasteiger charge is -2.03. The van der Waals surface area contributed by atoms with Crippen LogP contribution in [0, 0.1) is 22.9 Å². The van der Waals surface area contributed by atoms with E-state index in [1.165, 1.54) is 18.2 Å². The molecule has 0 aliphatic heterocycles. The van der Waals surface area contributed by atoms with Crippen molar-refractivity contribution in [1.82, 2.24) is 0 Å². The standard InChI is InChI=1S/C11H7BrFNO2/c1-6-2-7-4-10(13)9(12)3-8(7)5-11(6)14(15)16/h2-5H,1H3. The zero-order valence-electron chi connectivity index (χ0n) is 8.33. The number of hydrogen-bond donors (Lipinski definition) is 0. The zero-order chi connectivity index (χ0) is 11.9. The van der Waals surface area contributed by atoms with Crippen LogP contribution < -0.4 is 0 Å². The highest BCUT2D eigenvalue weighted by molar-refractivity contribution is 9.10. The molecule has 16 heavy (non-hydrogen) atoms. The number of hydrogen-bond acceptors (Lipinski definition) is 2. The van der Waals surface area contributed by atoms with Crippen molar-refractivity contribution in [1.29, 1.82) is 0 Å². The van der Waals surface area contributed by atoms with Gasteiger partial charge in [-0.2, -0.15) is 0 Å². The first-order valence-electron chi connectivity index (χ1n) is 4.53. The molecule has 0 radical (unpaired) electrons. The van der Waals surface area contributed by atoms with Gasteiger partial charge in [0.25, 0.3) is 5.69 Å². The predicted molar refractivity (Wildman–Crippen MR) is 63.0 cm³/mol. The molecule has 0 saturated carbocycles. The fourth-order valence-electron chi connectivity index (χ4n) is 1.59. The molecule has 0 aliphatic carbocycles. The Balaban J connectivity index is 2.79. The van der Waals surface area contributed by atoms with E-state index >= 15 is 0 Å². The van der Waals surface area contributed by atoms with Crippen molar-refractivity contribution in [2.24, 2.45) is 0 Å². The van der Waals surface area contributed by atoms with Gasteiger partial charge in [0.05, 0.1) is 9.40 Å². The molecular weight excluding hydrogens is 277 g/mol. The number of nitro groups is 1. The lowest BCUT2D eigenvalue weighted by molar-refractivity contribution is -0.385. The Hall–Kier alpha value is -1.49. The second kappa shape index (κ2) is 3.83. The average Bonchev–Trinajstić information content (AvgIpc) is 2.19. The highest BCUT2D eigenvalue weighted by atomic mass is 79.9. The van der Waals surface area contributed by atoms with Gasteiger partial charge in [-0.05, 0) is 51.8 Å². The summed E-state index contributed by atoms with van der Waals surface area (Å²) in [5.41, 5.74) is 0.574. The third-order valence-corrected chi connectivity index (χ3v) is 3.00. The number of fused-ring (bicyclic) bond motifs is 1. The van der Waals surface area contributed by atoms with Crippen LogP contribution >= 0.6 is 15.9 Å². The zero-order valence-corrected chi connectivity index (χ0v) is 9.92. The van der Waals surface area contributed by atoms with Crippen LogP contribution in [-0.2, 0) is 0 Å². The summed E-state index contributed by atoms with van der Waals surface area (Å²) in [6, 6.07) is 5.96. The Bertz CT molecular complexity index is 598. The van der Waals surface area contributed by atoms with Crippen LogP contribution in [0.5, 0.6) is 0 Å². The van der Waals surface area contributed by atoms with Gasteiger partial charge in [-0.1, -0.05) is 0 Å². The number of halogens is 2. The molecule has 2 aromatic rings. The van der Waals surface area contributed by atoms with E-state index in [0.717, 1.165) is 0 Å². The number of nitro benzene ring substituents is 1. The van der Waals surface area contributed by atoms with Gasteiger partial charge in [-0.3, -0.25) is 10.1 Å². The number of benzene rings is 2. The molecule has 3 nitrogen and oxygen atoms in total. The van der Waals surface area contributed by atoms with E-state index in [2.05, 4.69) is 15.9 Å². The molecule has 0 aromatic heterocycles. The topological polar surface area (TPSA) is 43.1 Å². The lowest BCUT2D eigenvalue weighted by atomic mass is 10.1.